The second kappa shape index (κ2) is 12.7. The molecular formula is C29H39P. The van der Waals surface area contributed by atoms with Gasteiger partial charge in [-0.1, -0.05) is 0 Å². The van der Waals surface area contributed by atoms with Gasteiger partial charge in [-0.2, -0.15) is 0 Å². The van der Waals surface area contributed by atoms with Crippen molar-refractivity contribution in [2.45, 2.75) is 63.9 Å². The molecule has 0 saturated heterocycles. The molecule has 0 nitrogen and oxygen atoms in total. The van der Waals surface area contributed by atoms with Crippen molar-refractivity contribution in [3.05, 3.63) is 108 Å². The van der Waals surface area contributed by atoms with Crippen LogP contribution < -0.4 is 0 Å². The zero-order chi connectivity index (χ0) is 20.9. The van der Waals surface area contributed by atoms with Crippen molar-refractivity contribution in [3.8, 4) is 0 Å². The Morgan fingerprint density at radius 3 is 1.23 bits per heavy atom. The molecule has 0 aliphatic carbocycles. The van der Waals surface area contributed by atoms with E-state index < -0.39 is 7.26 Å². The summed E-state index contributed by atoms with van der Waals surface area (Å²) in [5, 5.41) is 0. The van der Waals surface area contributed by atoms with Crippen molar-refractivity contribution in [2.24, 2.45) is 0 Å². The van der Waals surface area contributed by atoms with Gasteiger partial charge in [-0.25, -0.2) is 0 Å². The molecule has 3 rings (SSSR count). The SMILES string of the molecule is CCCCCCCC[PH](Cc1ccccc1)(Cc1ccccc1)Cc1ccccc1. The Hall–Kier alpha value is -1.91. The number of rotatable bonds is 13. The fraction of sp³-hybridized carbons (Fsp3) is 0.379. The molecule has 0 fully saturated rings. The van der Waals surface area contributed by atoms with E-state index in [9.17, 15) is 0 Å². The molecule has 0 atom stereocenters. The molecule has 0 saturated carbocycles. The Labute approximate surface area is 185 Å². The molecule has 0 heterocycles. The molecule has 3 aromatic carbocycles. The van der Waals surface area contributed by atoms with E-state index >= 15 is 0 Å². The van der Waals surface area contributed by atoms with Crippen LogP contribution in [0.2, 0.25) is 0 Å². The predicted molar refractivity (Wildman–Crippen MR) is 137 cm³/mol. The van der Waals surface area contributed by atoms with E-state index in [4.69, 9.17) is 0 Å². The summed E-state index contributed by atoms with van der Waals surface area (Å²) in [6.45, 7) is 2.30. The fourth-order valence-corrected chi connectivity index (χ4v) is 10.0. The van der Waals surface area contributed by atoms with Crippen LogP contribution in [0.25, 0.3) is 0 Å². The van der Waals surface area contributed by atoms with Gasteiger partial charge in [0.05, 0.1) is 0 Å². The standard InChI is InChI=1S/C29H39P/c1-2-3-4-5-6-16-23-30(24-27-17-10-7-11-18-27,25-28-19-12-8-13-20-28)26-29-21-14-9-15-22-29/h7-15,17-22,30H,2-6,16,23-26H2,1H3. The number of hydrogen-bond acceptors (Lipinski definition) is 0. The van der Waals surface area contributed by atoms with Gasteiger partial charge < -0.3 is 0 Å². The zero-order valence-corrected chi connectivity index (χ0v) is 19.7. The third kappa shape index (κ3) is 7.73. The van der Waals surface area contributed by atoms with E-state index in [1.165, 1.54) is 79.9 Å². The Morgan fingerprint density at radius 2 is 0.833 bits per heavy atom. The van der Waals surface area contributed by atoms with Crippen LogP contribution in [-0.4, -0.2) is 6.16 Å². The van der Waals surface area contributed by atoms with E-state index in [0.717, 1.165) is 0 Å². The molecule has 1 heteroatoms. The van der Waals surface area contributed by atoms with Crippen LogP contribution in [0.4, 0.5) is 0 Å². The molecule has 0 aliphatic rings. The Balaban J connectivity index is 1.82. The fourth-order valence-electron chi connectivity index (χ4n) is 4.82. The molecular weight excluding hydrogens is 379 g/mol. The summed E-state index contributed by atoms with van der Waals surface area (Å²) in [7, 11) is -1.59. The molecule has 0 amide bonds. The second-order valence-electron chi connectivity index (χ2n) is 9.00. The van der Waals surface area contributed by atoms with Crippen molar-refractivity contribution in [2.75, 3.05) is 6.16 Å². The van der Waals surface area contributed by atoms with Crippen LogP contribution >= 0.6 is 7.26 Å². The summed E-state index contributed by atoms with van der Waals surface area (Å²) in [6.07, 6.45) is 13.6. The minimum absolute atomic E-state index is 1.28. The summed E-state index contributed by atoms with van der Waals surface area (Å²) in [5.74, 6) is 0. The molecule has 0 unspecified atom stereocenters. The third-order valence-electron chi connectivity index (χ3n) is 6.33. The first-order chi connectivity index (χ1) is 14.8. The first kappa shape index (κ1) is 22.8. The van der Waals surface area contributed by atoms with E-state index in [1.54, 1.807) is 0 Å². The summed E-state index contributed by atoms with van der Waals surface area (Å²) >= 11 is 0. The molecule has 0 aromatic heterocycles. The Morgan fingerprint density at radius 1 is 0.467 bits per heavy atom. The summed E-state index contributed by atoms with van der Waals surface area (Å²) in [4.78, 5) is 0. The Kier molecular flexibility index (Phi) is 9.65. The topological polar surface area (TPSA) is 0 Å². The molecule has 30 heavy (non-hydrogen) atoms. The average Bonchev–Trinajstić information content (AvgIpc) is 2.78. The molecule has 0 radical (unpaired) electrons. The molecule has 160 valence electrons. The maximum absolute atomic E-state index is 2.35. The van der Waals surface area contributed by atoms with Crippen molar-refractivity contribution in [1.82, 2.24) is 0 Å². The van der Waals surface area contributed by atoms with Crippen molar-refractivity contribution < 1.29 is 0 Å². The van der Waals surface area contributed by atoms with Gasteiger partial charge in [0, 0.05) is 0 Å². The summed E-state index contributed by atoms with van der Waals surface area (Å²) < 4.78 is 0. The van der Waals surface area contributed by atoms with Gasteiger partial charge in [0.25, 0.3) is 0 Å². The van der Waals surface area contributed by atoms with Gasteiger partial charge in [0.1, 0.15) is 0 Å². The normalized spacial score (nSPS) is 12.0. The first-order valence-electron chi connectivity index (χ1n) is 11.9. The van der Waals surface area contributed by atoms with Gasteiger partial charge >= 0.3 is 185 Å². The first-order valence-corrected chi connectivity index (χ1v) is 14.7. The molecule has 0 aliphatic heterocycles. The molecule has 0 spiro atoms. The van der Waals surface area contributed by atoms with Gasteiger partial charge in [-0.3, -0.25) is 0 Å². The van der Waals surface area contributed by atoms with Gasteiger partial charge in [0.2, 0.25) is 0 Å². The van der Waals surface area contributed by atoms with Crippen LogP contribution in [0.15, 0.2) is 91.0 Å². The number of benzene rings is 3. The summed E-state index contributed by atoms with van der Waals surface area (Å²) in [6, 6.07) is 33.8. The maximum atomic E-state index is 2.35. The minimum atomic E-state index is -1.59. The van der Waals surface area contributed by atoms with E-state index in [2.05, 4.69) is 97.9 Å². The van der Waals surface area contributed by atoms with Crippen LogP contribution in [0.1, 0.15) is 62.1 Å². The quantitative estimate of drug-likeness (QED) is 0.192. The second-order valence-corrected chi connectivity index (χ2v) is 13.6. The average molecular weight is 419 g/mol. The summed E-state index contributed by atoms with van der Waals surface area (Å²) in [5.41, 5.74) is 4.59. The monoisotopic (exact) mass is 418 g/mol. The molecule has 0 bridgehead atoms. The molecule has 0 N–H and O–H groups in total. The Bertz CT molecular complexity index is 709. The molecule has 3 aromatic rings. The van der Waals surface area contributed by atoms with E-state index in [1.807, 2.05) is 0 Å². The third-order valence-corrected chi connectivity index (χ3v) is 11.2. The zero-order valence-electron chi connectivity index (χ0n) is 18.7. The van der Waals surface area contributed by atoms with E-state index in [0.29, 0.717) is 0 Å². The van der Waals surface area contributed by atoms with Crippen LogP contribution in [0, 0.1) is 0 Å². The number of hydrogen-bond donors (Lipinski definition) is 0. The van der Waals surface area contributed by atoms with Crippen LogP contribution in [-0.2, 0) is 18.5 Å². The van der Waals surface area contributed by atoms with Gasteiger partial charge in [0.15, 0.2) is 0 Å². The van der Waals surface area contributed by atoms with Crippen molar-refractivity contribution in [3.63, 3.8) is 0 Å². The predicted octanol–water partition coefficient (Wildman–Crippen LogP) is 8.70. The van der Waals surface area contributed by atoms with Crippen molar-refractivity contribution >= 4 is 7.26 Å². The van der Waals surface area contributed by atoms with Crippen LogP contribution in [0.3, 0.4) is 0 Å². The number of unbranched alkanes of at least 4 members (excludes halogenated alkanes) is 5. The van der Waals surface area contributed by atoms with E-state index in [-0.39, 0.29) is 0 Å². The van der Waals surface area contributed by atoms with Crippen molar-refractivity contribution in [1.29, 1.82) is 0 Å². The van der Waals surface area contributed by atoms with Gasteiger partial charge in [-0.15, -0.1) is 0 Å². The van der Waals surface area contributed by atoms with Gasteiger partial charge in [-0.05, 0) is 0 Å². The van der Waals surface area contributed by atoms with Crippen LogP contribution in [0.5, 0.6) is 0 Å².